The molecule has 0 spiro atoms. The smallest absolute Gasteiger partial charge is 0.236 e. The number of benzene rings is 1. The summed E-state index contributed by atoms with van der Waals surface area (Å²) < 4.78 is 1.94. The molecule has 1 saturated heterocycles. The molecule has 160 valence electrons. The molecular weight excluding hydrogens is 388 g/mol. The fourth-order valence-electron chi connectivity index (χ4n) is 4.46. The van der Waals surface area contributed by atoms with E-state index in [-0.39, 0.29) is 5.91 Å². The van der Waals surface area contributed by atoms with E-state index in [9.17, 15) is 4.79 Å². The first-order valence-electron chi connectivity index (χ1n) is 11.0. The maximum Gasteiger partial charge on any atom is 0.236 e. The quantitative estimate of drug-likeness (QED) is 0.653. The number of pyridine rings is 1. The van der Waals surface area contributed by atoms with Crippen molar-refractivity contribution in [3.8, 4) is 5.69 Å². The number of piperazine rings is 1. The molecule has 2 aliphatic heterocycles. The Labute approximate surface area is 182 Å². The van der Waals surface area contributed by atoms with Gasteiger partial charge < -0.3 is 9.80 Å². The van der Waals surface area contributed by atoms with Crippen molar-refractivity contribution in [1.82, 2.24) is 24.6 Å². The number of anilines is 1. The Morgan fingerprint density at radius 3 is 2.58 bits per heavy atom. The van der Waals surface area contributed by atoms with Crippen LogP contribution in [0.25, 0.3) is 5.69 Å². The highest BCUT2D eigenvalue weighted by Gasteiger charge is 2.26. The van der Waals surface area contributed by atoms with Gasteiger partial charge in [0.1, 0.15) is 0 Å². The van der Waals surface area contributed by atoms with E-state index >= 15 is 0 Å². The molecule has 0 aliphatic carbocycles. The number of nitrogens with zero attached hydrogens (tertiary/aromatic N) is 6. The average Bonchev–Trinajstić information content (AvgIpc) is 3.23. The van der Waals surface area contributed by atoms with Crippen LogP contribution < -0.4 is 4.90 Å². The lowest BCUT2D eigenvalue weighted by Gasteiger charge is -2.37. The summed E-state index contributed by atoms with van der Waals surface area (Å²) in [5.41, 5.74) is 5.59. The van der Waals surface area contributed by atoms with Crippen molar-refractivity contribution in [3.05, 3.63) is 71.8 Å². The fraction of sp³-hybridized carbons (Fsp3) is 0.375. The predicted molar refractivity (Wildman–Crippen MR) is 120 cm³/mol. The summed E-state index contributed by atoms with van der Waals surface area (Å²) in [6, 6.07) is 14.4. The van der Waals surface area contributed by atoms with Crippen molar-refractivity contribution in [2.45, 2.75) is 19.9 Å². The summed E-state index contributed by atoms with van der Waals surface area (Å²) in [4.78, 5) is 23.8. The normalized spacial score (nSPS) is 16.9. The number of para-hydroxylation sites is 1. The molecule has 0 N–H and O–H groups in total. The monoisotopic (exact) mass is 416 g/mol. The number of amides is 1. The molecule has 4 heterocycles. The van der Waals surface area contributed by atoms with Gasteiger partial charge in [0, 0.05) is 75.0 Å². The van der Waals surface area contributed by atoms with Crippen molar-refractivity contribution in [3.63, 3.8) is 0 Å². The lowest BCUT2D eigenvalue weighted by molar-refractivity contribution is -0.132. The molecule has 3 aromatic rings. The lowest BCUT2D eigenvalue weighted by Crippen LogP contribution is -2.51. The number of aromatic nitrogens is 3. The summed E-state index contributed by atoms with van der Waals surface area (Å²) >= 11 is 0. The van der Waals surface area contributed by atoms with E-state index in [1.54, 1.807) is 0 Å². The zero-order valence-electron chi connectivity index (χ0n) is 17.9. The first-order valence-corrected chi connectivity index (χ1v) is 11.0. The van der Waals surface area contributed by atoms with Crippen LogP contribution in [0.2, 0.25) is 0 Å². The van der Waals surface area contributed by atoms with Gasteiger partial charge in [-0.25, -0.2) is 4.68 Å². The highest BCUT2D eigenvalue weighted by Crippen LogP contribution is 2.21. The Bertz CT molecular complexity index is 1050. The number of hydrogen-bond acceptors (Lipinski definition) is 5. The predicted octanol–water partition coefficient (Wildman–Crippen LogP) is 2.28. The van der Waals surface area contributed by atoms with Crippen LogP contribution in [-0.4, -0.2) is 69.7 Å². The number of carbonyl (C=O) groups excluding carboxylic acids is 1. The number of hydrogen-bond donors (Lipinski definition) is 0. The molecule has 1 aromatic carbocycles. The molecule has 5 rings (SSSR count). The third kappa shape index (κ3) is 4.32. The van der Waals surface area contributed by atoms with Crippen LogP contribution in [0.15, 0.2) is 54.9 Å². The summed E-state index contributed by atoms with van der Waals surface area (Å²) in [5, 5.41) is 4.76. The van der Waals surface area contributed by atoms with Crippen molar-refractivity contribution >= 4 is 11.6 Å². The van der Waals surface area contributed by atoms with Gasteiger partial charge in [-0.15, -0.1) is 0 Å². The molecule has 7 heteroatoms. The van der Waals surface area contributed by atoms with Crippen molar-refractivity contribution in [1.29, 1.82) is 0 Å². The molecule has 31 heavy (non-hydrogen) atoms. The summed E-state index contributed by atoms with van der Waals surface area (Å²) in [5.74, 6) is 0.230. The van der Waals surface area contributed by atoms with Crippen LogP contribution in [0.1, 0.15) is 17.0 Å². The van der Waals surface area contributed by atoms with Gasteiger partial charge in [0.05, 0.1) is 17.9 Å². The van der Waals surface area contributed by atoms with Crippen molar-refractivity contribution in [2.24, 2.45) is 0 Å². The zero-order chi connectivity index (χ0) is 21.2. The minimum absolute atomic E-state index is 0.230. The minimum atomic E-state index is 0.230. The molecular formula is C24H28N6O. The van der Waals surface area contributed by atoms with Crippen molar-refractivity contribution < 1.29 is 4.79 Å². The van der Waals surface area contributed by atoms with E-state index in [0.29, 0.717) is 6.54 Å². The second kappa shape index (κ2) is 8.51. The maximum atomic E-state index is 12.9. The van der Waals surface area contributed by atoms with Gasteiger partial charge in [-0.05, 0) is 31.2 Å². The zero-order valence-corrected chi connectivity index (χ0v) is 17.9. The molecule has 1 amide bonds. The molecule has 7 nitrogen and oxygen atoms in total. The van der Waals surface area contributed by atoms with E-state index < -0.39 is 0 Å². The van der Waals surface area contributed by atoms with Gasteiger partial charge >= 0.3 is 0 Å². The summed E-state index contributed by atoms with van der Waals surface area (Å²) in [6.07, 6.45) is 4.79. The fourth-order valence-corrected chi connectivity index (χ4v) is 4.46. The Morgan fingerprint density at radius 2 is 1.81 bits per heavy atom. The number of rotatable bonds is 4. The molecule has 0 unspecified atom stereocenters. The molecule has 0 saturated carbocycles. The third-order valence-electron chi connectivity index (χ3n) is 6.19. The van der Waals surface area contributed by atoms with E-state index in [1.165, 1.54) is 11.3 Å². The topological polar surface area (TPSA) is 57.5 Å². The molecule has 1 fully saturated rings. The second-order valence-electron chi connectivity index (χ2n) is 8.37. The lowest BCUT2D eigenvalue weighted by atomic mass is 10.1. The number of fused-ring (bicyclic) bond motifs is 1. The van der Waals surface area contributed by atoms with Gasteiger partial charge in [0.15, 0.2) is 0 Å². The van der Waals surface area contributed by atoms with E-state index in [1.807, 2.05) is 40.9 Å². The van der Waals surface area contributed by atoms with E-state index in [4.69, 9.17) is 5.10 Å². The first kappa shape index (κ1) is 19.8. The van der Waals surface area contributed by atoms with Crippen LogP contribution in [0.5, 0.6) is 0 Å². The van der Waals surface area contributed by atoms with E-state index in [2.05, 4.69) is 45.2 Å². The van der Waals surface area contributed by atoms with Crippen LogP contribution >= 0.6 is 0 Å². The van der Waals surface area contributed by atoms with Gasteiger partial charge in [0.25, 0.3) is 0 Å². The largest absolute Gasteiger partial charge is 0.368 e. The Kier molecular flexibility index (Phi) is 5.42. The summed E-state index contributed by atoms with van der Waals surface area (Å²) in [7, 11) is 0. The number of aryl methyl sites for hydroxylation is 1. The maximum absolute atomic E-state index is 12.9. The third-order valence-corrected chi connectivity index (χ3v) is 6.19. The number of carbonyl (C=O) groups is 1. The SMILES string of the molecule is Cc1cc(-n2cc3c(n2)CCN(CC(=O)N2CCN(c4ccccc4)CC2)C3)ccn1. The van der Waals surface area contributed by atoms with Crippen LogP contribution in [-0.2, 0) is 17.8 Å². The Morgan fingerprint density at radius 1 is 1.00 bits per heavy atom. The first-order chi connectivity index (χ1) is 15.2. The second-order valence-corrected chi connectivity index (χ2v) is 8.37. The Balaban J connectivity index is 1.17. The molecule has 2 aliphatic rings. The molecule has 0 bridgehead atoms. The molecule has 0 radical (unpaired) electrons. The average molecular weight is 417 g/mol. The molecule has 2 aromatic heterocycles. The Hall–Kier alpha value is -3.19. The van der Waals surface area contributed by atoms with Gasteiger partial charge in [-0.1, -0.05) is 18.2 Å². The highest BCUT2D eigenvalue weighted by molar-refractivity contribution is 5.78. The summed E-state index contributed by atoms with van der Waals surface area (Å²) in [6.45, 7) is 7.45. The van der Waals surface area contributed by atoms with E-state index in [0.717, 1.165) is 62.8 Å². The molecule has 0 atom stereocenters. The van der Waals surface area contributed by atoms with Crippen LogP contribution in [0.3, 0.4) is 0 Å². The van der Waals surface area contributed by atoms with Gasteiger partial charge in [0.2, 0.25) is 5.91 Å². The minimum Gasteiger partial charge on any atom is -0.368 e. The standard InChI is InChI=1S/C24H28N6O/c1-19-15-22(7-9-25-19)30-17-20-16-27(10-8-23(20)26-30)18-24(31)29-13-11-28(12-14-29)21-5-3-2-4-6-21/h2-7,9,15,17H,8,10-14,16,18H2,1H3. The van der Waals surface area contributed by atoms with Crippen molar-refractivity contribution in [2.75, 3.05) is 44.2 Å². The van der Waals surface area contributed by atoms with Gasteiger partial charge in [-0.2, -0.15) is 5.10 Å². The van der Waals surface area contributed by atoms with Crippen LogP contribution in [0, 0.1) is 6.92 Å². The van der Waals surface area contributed by atoms with Crippen LogP contribution in [0.4, 0.5) is 5.69 Å². The van der Waals surface area contributed by atoms with Gasteiger partial charge in [-0.3, -0.25) is 14.7 Å². The highest BCUT2D eigenvalue weighted by atomic mass is 16.2.